The van der Waals surface area contributed by atoms with Crippen molar-refractivity contribution in [2.45, 2.75) is 0 Å². The first kappa shape index (κ1) is 5.76. The van der Waals surface area contributed by atoms with E-state index < -0.39 is 0 Å². The Morgan fingerprint density at radius 1 is 1.83 bits per heavy atom. The van der Waals surface area contributed by atoms with E-state index in [0.29, 0.717) is 5.88 Å². The smallest absolute Gasteiger partial charge is 0.0814 e. The van der Waals surface area contributed by atoms with Gasteiger partial charge < -0.3 is 0 Å². The molecule has 0 aliphatic heterocycles. The highest BCUT2D eigenvalue weighted by molar-refractivity contribution is 7.80. The predicted octanol–water partition coefficient (Wildman–Crippen LogP) is 1.13. The third kappa shape index (κ3) is 3.76. The van der Waals surface area contributed by atoms with Gasteiger partial charge in [0.05, 0.1) is 5.88 Å². The number of hydrogen-bond donors (Lipinski definition) is 1. The van der Waals surface area contributed by atoms with Crippen LogP contribution in [0, 0.1) is 0 Å². The molecule has 0 aromatic heterocycles. The first-order chi connectivity index (χ1) is 2.91. The van der Waals surface area contributed by atoms with E-state index in [1.54, 1.807) is 12.3 Å². The summed E-state index contributed by atoms with van der Waals surface area (Å²) < 4.78 is 0. The first-order valence-electron chi connectivity index (χ1n) is 1.63. The van der Waals surface area contributed by atoms with Crippen LogP contribution in [0.25, 0.3) is 0 Å². The van der Waals surface area contributed by atoms with Crippen molar-refractivity contribution in [1.82, 2.24) is 0 Å². The molecule has 0 fully saturated rings. The van der Waals surface area contributed by atoms with E-state index >= 15 is 0 Å². The molecule has 0 spiro atoms. The molecule has 0 rings (SSSR count). The molecule has 2 heteroatoms. The predicted molar refractivity (Wildman–Crippen MR) is 32.5 cm³/mol. The van der Waals surface area contributed by atoms with Crippen LogP contribution in [0.3, 0.4) is 0 Å². The van der Waals surface area contributed by atoms with Gasteiger partial charge in [-0.05, 0) is 0 Å². The molecule has 0 bridgehead atoms. The molecule has 0 heterocycles. The Hall–Kier alpha value is -0.240. The van der Waals surface area contributed by atoms with Crippen LogP contribution in [0.1, 0.15) is 0 Å². The minimum Gasteiger partial charge on any atom is -0.283 e. The molecule has 0 radical (unpaired) electrons. The molecule has 0 unspecified atom stereocenters. The summed E-state index contributed by atoms with van der Waals surface area (Å²) in [5, 5.41) is 0. The van der Waals surface area contributed by atoms with Gasteiger partial charge in [0, 0.05) is 6.21 Å². The molecule has 0 N–H and O–H groups in total. The summed E-state index contributed by atoms with van der Waals surface area (Å²) in [7, 11) is 0. The van der Waals surface area contributed by atoms with Gasteiger partial charge in [0.2, 0.25) is 0 Å². The van der Waals surface area contributed by atoms with Crippen LogP contribution < -0.4 is 0 Å². The third-order valence-corrected chi connectivity index (χ3v) is 0.456. The minimum atomic E-state index is 0.548. The lowest BCUT2D eigenvalue weighted by molar-refractivity contribution is 1.41. The maximum absolute atomic E-state index is 3.81. The van der Waals surface area contributed by atoms with Crippen LogP contribution in [-0.2, 0) is 0 Å². The first-order valence-corrected chi connectivity index (χ1v) is 2.26. The van der Waals surface area contributed by atoms with Crippen molar-refractivity contribution in [2.24, 2.45) is 4.99 Å². The van der Waals surface area contributed by atoms with Crippen LogP contribution in [-0.4, -0.2) is 12.1 Å². The Morgan fingerprint density at radius 2 is 2.50 bits per heavy atom. The molecule has 1 nitrogen and oxygen atoms in total. The van der Waals surface area contributed by atoms with Gasteiger partial charge in [0.25, 0.3) is 0 Å². The van der Waals surface area contributed by atoms with E-state index in [1.807, 2.05) is 0 Å². The monoisotopic (exact) mass is 101 g/mol. The van der Waals surface area contributed by atoms with Crippen molar-refractivity contribution in [2.75, 3.05) is 5.88 Å². The molecule has 0 amide bonds. The van der Waals surface area contributed by atoms with Crippen molar-refractivity contribution in [3.63, 3.8) is 0 Å². The molecule has 34 valence electrons. The van der Waals surface area contributed by atoms with Gasteiger partial charge in [-0.15, -0.1) is 0 Å². The maximum Gasteiger partial charge on any atom is 0.0814 e. The SMILES string of the molecule is C=CC=NCS. The fourth-order valence-electron chi connectivity index (χ4n) is 0.122. The summed E-state index contributed by atoms with van der Waals surface area (Å²) in [6.07, 6.45) is 3.24. The highest BCUT2D eigenvalue weighted by atomic mass is 32.1. The highest BCUT2D eigenvalue weighted by Crippen LogP contribution is 1.69. The third-order valence-electron chi connectivity index (χ3n) is 0.292. The topological polar surface area (TPSA) is 12.4 Å². The Balaban J connectivity index is 2.94. The van der Waals surface area contributed by atoms with Gasteiger partial charge in [-0.2, -0.15) is 12.6 Å². The Bertz CT molecular complexity index is 58.6. The van der Waals surface area contributed by atoms with Crippen LogP contribution in [0.2, 0.25) is 0 Å². The van der Waals surface area contributed by atoms with Gasteiger partial charge >= 0.3 is 0 Å². The van der Waals surface area contributed by atoms with E-state index in [2.05, 4.69) is 24.2 Å². The van der Waals surface area contributed by atoms with Gasteiger partial charge in [-0.25, -0.2) is 0 Å². The van der Waals surface area contributed by atoms with Crippen LogP contribution in [0.4, 0.5) is 0 Å². The summed E-state index contributed by atoms with van der Waals surface area (Å²) in [5.41, 5.74) is 0. The average molecular weight is 101 g/mol. The summed E-state index contributed by atoms with van der Waals surface area (Å²) in [5.74, 6) is 0.548. The number of nitrogens with zero attached hydrogens (tertiary/aromatic N) is 1. The van der Waals surface area contributed by atoms with Gasteiger partial charge in [-0.3, -0.25) is 4.99 Å². The Kier molecular flexibility index (Phi) is 4.57. The lowest BCUT2D eigenvalue weighted by Gasteiger charge is -1.69. The van der Waals surface area contributed by atoms with E-state index in [-0.39, 0.29) is 0 Å². The molecule has 0 aromatic rings. The Labute approximate surface area is 43.2 Å². The van der Waals surface area contributed by atoms with E-state index in [4.69, 9.17) is 0 Å². The van der Waals surface area contributed by atoms with Crippen LogP contribution >= 0.6 is 12.6 Å². The van der Waals surface area contributed by atoms with Gasteiger partial charge in [-0.1, -0.05) is 12.7 Å². The van der Waals surface area contributed by atoms with E-state index in [0.717, 1.165) is 0 Å². The Morgan fingerprint density at radius 3 is 2.67 bits per heavy atom. The van der Waals surface area contributed by atoms with Crippen molar-refractivity contribution in [3.8, 4) is 0 Å². The largest absolute Gasteiger partial charge is 0.283 e. The van der Waals surface area contributed by atoms with Crippen molar-refractivity contribution in [3.05, 3.63) is 12.7 Å². The average Bonchev–Trinajstić information content (AvgIpc) is 1.61. The zero-order valence-corrected chi connectivity index (χ0v) is 4.36. The lowest BCUT2D eigenvalue weighted by atomic mass is 10.7. The number of allylic oxidation sites excluding steroid dienone is 1. The van der Waals surface area contributed by atoms with Crippen molar-refractivity contribution < 1.29 is 0 Å². The molecular weight excluding hydrogens is 94.1 g/mol. The molecule has 0 aliphatic carbocycles. The van der Waals surface area contributed by atoms with Crippen molar-refractivity contribution >= 4 is 18.8 Å². The minimum absolute atomic E-state index is 0.548. The molecule has 0 aromatic carbocycles. The number of hydrogen-bond acceptors (Lipinski definition) is 2. The van der Waals surface area contributed by atoms with Crippen molar-refractivity contribution in [1.29, 1.82) is 0 Å². The fraction of sp³-hybridized carbons (Fsp3) is 0.250. The summed E-state index contributed by atoms with van der Waals surface area (Å²) in [6.45, 7) is 3.41. The lowest BCUT2D eigenvalue weighted by Crippen LogP contribution is -1.61. The zero-order chi connectivity index (χ0) is 4.83. The second kappa shape index (κ2) is 4.76. The molecule has 0 saturated carbocycles. The quantitative estimate of drug-likeness (QED) is 0.395. The number of thiol groups is 1. The van der Waals surface area contributed by atoms with Gasteiger partial charge in [0.15, 0.2) is 0 Å². The molecule has 0 saturated heterocycles. The van der Waals surface area contributed by atoms with E-state index in [1.165, 1.54) is 0 Å². The summed E-state index contributed by atoms with van der Waals surface area (Å²) >= 11 is 3.81. The fourth-order valence-corrected chi connectivity index (χ4v) is 0.216. The number of rotatable bonds is 2. The summed E-state index contributed by atoms with van der Waals surface area (Å²) in [4.78, 5) is 3.71. The van der Waals surface area contributed by atoms with Crippen LogP contribution in [0.5, 0.6) is 0 Å². The number of aliphatic imine (C=N–C) groups is 1. The zero-order valence-electron chi connectivity index (χ0n) is 3.46. The normalized spacial score (nSPS) is 9.50. The highest BCUT2D eigenvalue weighted by Gasteiger charge is 1.54. The standard InChI is InChI=1S/C4H7NS/c1-2-3-5-4-6/h2-3,6H,1,4H2. The molecular formula is C4H7NS. The molecule has 0 aliphatic rings. The summed E-state index contributed by atoms with van der Waals surface area (Å²) in [6, 6.07) is 0. The second-order valence-corrected chi connectivity index (χ2v) is 0.992. The van der Waals surface area contributed by atoms with Crippen LogP contribution in [0.15, 0.2) is 17.6 Å². The molecule has 6 heavy (non-hydrogen) atoms. The van der Waals surface area contributed by atoms with E-state index in [9.17, 15) is 0 Å². The second-order valence-electron chi connectivity index (χ2n) is 0.709. The maximum atomic E-state index is 3.81. The van der Waals surface area contributed by atoms with Gasteiger partial charge in [0.1, 0.15) is 0 Å². The molecule has 0 atom stereocenters.